The van der Waals surface area contributed by atoms with Crippen LogP contribution in [0.3, 0.4) is 0 Å². The van der Waals surface area contributed by atoms with Gasteiger partial charge in [0.1, 0.15) is 0 Å². The normalized spacial score (nSPS) is 14.7. The molecule has 3 heteroatoms. The summed E-state index contributed by atoms with van der Waals surface area (Å²) in [6.07, 6.45) is -0.468. The zero-order valence-corrected chi connectivity index (χ0v) is 13.7. The van der Waals surface area contributed by atoms with Gasteiger partial charge in [-0.15, -0.1) is 0 Å². The summed E-state index contributed by atoms with van der Waals surface area (Å²) >= 11 is 0. The third kappa shape index (κ3) is 4.80. The van der Waals surface area contributed by atoms with Gasteiger partial charge >= 0.3 is 0 Å². The van der Waals surface area contributed by atoms with E-state index in [0.29, 0.717) is 11.8 Å². The quantitative estimate of drug-likeness (QED) is 0.804. The number of aliphatic hydroxyl groups excluding tert-OH is 1. The molecule has 0 aromatic heterocycles. The first-order valence-corrected chi connectivity index (χ1v) is 7.51. The Bertz CT molecular complexity index is 384. The van der Waals surface area contributed by atoms with Gasteiger partial charge in [-0.2, -0.15) is 0 Å². The van der Waals surface area contributed by atoms with Crippen LogP contribution in [-0.2, 0) is 0 Å². The van der Waals surface area contributed by atoms with Gasteiger partial charge in [-0.05, 0) is 36.1 Å². The van der Waals surface area contributed by atoms with Gasteiger partial charge in [0.25, 0.3) is 0 Å². The first-order chi connectivity index (χ1) is 9.32. The first kappa shape index (κ1) is 17.0. The summed E-state index contributed by atoms with van der Waals surface area (Å²) in [5.74, 6) is 0.969. The Balaban J connectivity index is 2.80. The van der Waals surface area contributed by atoms with Gasteiger partial charge in [-0.1, -0.05) is 39.8 Å². The van der Waals surface area contributed by atoms with Gasteiger partial charge in [-0.25, -0.2) is 0 Å². The minimum Gasteiger partial charge on any atom is -0.387 e. The van der Waals surface area contributed by atoms with Gasteiger partial charge in [0.2, 0.25) is 0 Å². The minimum atomic E-state index is -0.468. The summed E-state index contributed by atoms with van der Waals surface area (Å²) in [7, 11) is 4.04. The summed E-state index contributed by atoms with van der Waals surface area (Å²) in [5.41, 5.74) is 2.13. The highest BCUT2D eigenvalue weighted by atomic mass is 16.3. The van der Waals surface area contributed by atoms with Gasteiger partial charge in [0.05, 0.1) is 6.10 Å². The smallest absolute Gasteiger partial charge is 0.0945 e. The van der Waals surface area contributed by atoms with Gasteiger partial charge in [-0.3, -0.25) is 0 Å². The average molecular weight is 278 g/mol. The third-order valence-corrected chi connectivity index (χ3v) is 3.57. The number of anilines is 1. The highest BCUT2D eigenvalue weighted by Gasteiger charge is 2.23. The van der Waals surface area contributed by atoms with Crippen molar-refractivity contribution in [1.29, 1.82) is 0 Å². The molecule has 3 nitrogen and oxygen atoms in total. The van der Waals surface area contributed by atoms with E-state index < -0.39 is 6.10 Å². The lowest BCUT2D eigenvalue weighted by Gasteiger charge is -2.29. The maximum atomic E-state index is 10.6. The van der Waals surface area contributed by atoms with E-state index in [-0.39, 0.29) is 6.04 Å². The number of aliphatic hydroxyl groups is 1. The average Bonchev–Trinajstić information content (AvgIpc) is 2.38. The number of hydrogen-bond donors (Lipinski definition) is 2. The Morgan fingerprint density at radius 1 is 1.05 bits per heavy atom. The monoisotopic (exact) mass is 278 g/mol. The van der Waals surface area contributed by atoms with Crippen LogP contribution in [0.25, 0.3) is 0 Å². The van der Waals surface area contributed by atoms with E-state index >= 15 is 0 Å². The van der Waals surface area contributed by atoms with Gasteiger partial charge in [0, 0.05) is 25.8 Å². The highest BCUT2D eigenvalue weighted by molar-refractivity contribution is 5.46. The molecule has 0 fully saturated rings. The minimum absolute atomic E-state index is 0.0857. The molecule has 0 saturated heterocycles. The molecule has 20 heavy (non-hydrogen) atoms. The molecule has 0 radical (unpaired) electrons. The largest absolute Gasteiger partial charge is 0.387 e. The van der Waals surface area contributed by atoms with E-state index in [1.807, 2.05) is 26.2 Å². The molecule has 0 aliphatic carbocycles. The zero-order valence-electron chi connectivity index (χ0n) is 13.7. The van der Waals surface area contributed by atoms with Crippen molar-refractivity contribution in [2.24, 2.45) is 11.8 Å². The molecule has 0 bridgehead atoms. The Hall–Kier alpha value is -1.06. The van der Waals surface area contributed by atoms with E-state index in [1.165, 1.54) is 0 Å². The van der Waals surface area contributed by atoms with Crippen molar-refractivity contribution < 1.29 is 5.11 Å². The summed E-state index contributed by atoms with van der Waals surface area (Å²) in [6, 6.07) is 8.23. The molecule has 0 spiro atoms. The van der Waals surface area contributed by atoms with Gasteiger partial charge in [0.15, 0.2) is 0 Å². The lowest BCUT2D eigenvalue weighted by molar-refractivity contribution is 0.103. The Labute approximate surface area is 124 Å². The lowest BCUT2D eigenvalue weighted by atomic mass is 9.93. The van der Waals surface area contributed by atoms with Crippen molar-refractivity contribution in [3.63, 3.8) is 0 Å². The molecule has 114 valence electrons. The second-order valence-corrected chi connectivity index (χ2v) is 6.50. The number of hydrogen-bond acceptors (Lipinski definition) is 3. The summed E-state index contributed by atoms with van der Waals surface area (Å²) in [5, 5.41) is 14.1. The fourth-order valence-electron chi connectivity index (χ4n) is 2.26. The van der Waals surface area contributed by atoms with Crippen LogP contribution in [0.4, 0.5) is 5.69 Å². The predicted octanol–water partition coefficient (Wildman–Crippen LogP) is 3.06. The van der Waals surface area contributed by atoms with Crippen LogP contribution in [0, 0.1) is 11.8 Å². The molecular weight excluding hydrogens is 248 g/mol. The zero-order chi connectivity index (χ0) is 15.3. The third-order valence-electron chi connectivity index (χ3n) is 3.57. The molecule has 1 aromatic rings. The summed E-state index contributed by atoms with van der Waals surface area (Å²) < 4.78 is 0. The number of rotatable bonds is 7. The SMILES string of the molecule is CC(C)CNC(C(C)C)C(O)c1ccc(N(C)C)cc1. The maximum absolute atomic E-state index is 10.6. The standard InChI is InChI=1S/C17H30N2O/c1-12(2)11-18-16(13(3)4)17(20)14-7-9-15(10-8-14)19(5)6/h7-10,12-13,16-18,20H,11H2,1-6H3. The second kappa shape index (κ2) is 7.65. The first-order valence-electron chi connectivity index (χ1n) is 7.51. The van der Waals surface area contributed by atoms with E-state index in [4.69, 9.17) is 0 Å². The molecule has 0 aliphatic heterocycles. The maximum Gasteiger partial charge on any atom is 0.0945 e. The molecule has 0 saturated carbocycles. The van der Waals surface area contributed by atoms with E-state index in [0.717, 1.165) is 17.8 Å². The van der Waals surface area contributed by atoms with E-state index in [2.05, 4.69) is 50.0 Å². The molecule has 1 rings (SSSR count). The van der Waals surface area contributed by atoms with Crippen molar-refractivity contribution in [2.45, 2.75) is 39.8 Å². The topological polar surface area (TPSA) is 35.5 Å². The van der Waals surface area contributed by atoms with Crippen molar-refractivity contribution in [2.75, 3.05) is 25.5 Å². The molecule has 0 heterocycles. The molecule has 1 aromatic carbocycles. The van der Waals surface area contributed by atoms with Crippen molar-refractivity contribution in [3.8, 4) is 0 Å². The van der Waals surface area contributed by atoms with Crippen molar-refractivity contribution in [3.05, 3.63) is 29.8 Å². The predicted molar refractivity (Wildman–Crippen MR) is 87.2 cm³/mol. The Kier molecular flexibility index (Phi) is 6.50. The van der Waals surface area contributed by atoms with Crippen LogP contribution in [0.5, 0.6) is 0 Å². The Morgan fingerprint density at radius 2 is 1.60 bits per heavy atom. The Morgan fingerprint density at radius 3 is 2.00 bits per heavy atom. The fraction of sp³-hybridized carbons (Fsp3) is 0.647. The van der Waals surface area contributed by atoms with Crippen molar-refractivity contribution >= 4 is 5.69 Å². The fourth-order valence-corrected chi connectivity index (χ4v) is 2.26. The summed E-state index contributed by atoms with van der Waals surface area (Å²) in [6.45, 7) is 9.59. The molecule has 2 atom stereocenters. The van der Waals surface area contributed by atoms with Crippen LogP contribution in [0.2, 0.25) is 0 Å². The number of nitrogens with one attached hydrogen (secondary N) is 1. The van der Waals surface area contributed by atoms with Crippen molar-refractivity contribution in [1.82, 2.24) is 5.32 Å². The van der Waals surface area contributed by atoms with Crippen LogP contribution >= 0.6 is 0 Å². The summed E-state index contributed by atoms with van der Waals surface area (Å²) in [4.78, 5) is 2.06. The van der Waals surface area contributed by atoms with Crippen LogP contribution < -0.4 is 10.2 Å². The van der Waals surface area contributed by atoms with Gasteiger partial charge < -0.3 is 15.3 Å². The number of nitrogens with zero attached hydrogens (tertiary/aromatic N) is 1. The molecule has 0 aliphatic rings. The van der Waals surface area contributed by atoms with Crippen LogP contribution in [0.1, 0.15) is 39.4 Å². The second-order valence-electron chi connectivity index (χ2n) is 6.50. The molecule has 0 amide bonds. The molecule has 2 N–H and O–H groups in total. The lowest BCUT2D eigenvalue weighted by Crippen LogP contribution is -2.41. The van der Waals surface area contributed by atoms with E-state index in [9.17, 15) is 5.11 Å². The highest BCUT2D eigenvalue weighted by Crippen LogP contribution is 2.24. The number of benzene rings is 1. The molecular formula is C17H30N2O. The van der Waals surface area contributed by atoms with Crippen LogP contribution in [0.15, 0.2) is 24.3 Å². The van der Waals surface area contributed by atoms with E-state index in [1.54, 1.807) is 0 Å². The molecule has 2 unspecified atom stereocenters. The van der Waals surface area contributed by atoms with Crippen LogP contribution in [-0.4, -0.2) is 31.8 Å².